The number of alkyl carbamates (subject to hydrolysis) is 1. The van der Waals surface area contributed by atoms with Crippen molar-refractivity contribution in [2.45, 2.75) is 57.4 Å². The molecular formula is C24H34N4O5. The van der Waals surface area contributed by atoms with Gasteiger partial charge in [-0.3, -0.25) is 4.79 Å². The van der Waals surface area contributed by atoms with E-state index in [4.69, 9.17) is 14.5 Å². The van der Waals surface area contributed by atoms with Crippen LogP contribution in [0.4, 0.5) is 10.6 Å². The Labute approximate surface area is 194 Å². The van der Waals surface area contributed by atoms with Gasteiger partial charge in [0.15, 0.2) is 0 Å². The van der Waals surface area contributed by atoms with Gasteiger partial charge in [0.05, 0.1) is 20.1 Å². The van der Waals surface area contributed by atoms with Gasteiger partial charge in [0.2, 0.25) is 5.91 Å². The van der Waals surface area contributed by atoms with E-state index in [1.807, 2.05) is 0 Å². The monoisotopic (exact) mass is 458 g/mol. The zero-order valence-corrected chi connectivity index (χ0v) is 19.3. The van der Waals surface area contributed by atoms with Crippen LogP contribution in [0.3, 0.4) is 0 Å². The summed E-state index contributed by atoms with van der Waals surface area (Å²) in [5.41, 5.74) is 2.36. The fourth-order valence-corrected chi connectivity index (χ4v) is 4.49. The summed E-state index contributed by atoms with van der Waals surface area (Å²) in [5, 5.41) is 5.86. The lowest BCUT2D eigenvalue weighted by Gasteiger charge is -2.40. The van der Waals surface area contributed by atoms with Gasteiger partial charge in [0.1, 0.15) is 11.9 Å². The fourth-order valence-electron chi connectivity index (χ4n) is 4.49. The van der Waals surface area contributed by atoms with Crippen molar-refractivity contribution in [3.05, 3.63) is 23.4 Å². The third kappa shape index (κ3) is 6.15. The van der Waals surface area contributed by atoms with Crippen LogP contribution >= 0.6 is 0 Å². The summed E-state index contributed by atoms with van der Waals surface area (Å²) in [6, 6.07) is 3.23. The molecule has 0 aromatic carbocycles. The van der Waals surface area contributed by atoms with Crippen molar-refractivity contribution in [2.24, 2.45) is 11.8 Å². The Kier molecular flexibility index (Phi) is 7.67. The number of aromatic nitrogens is 1. The van der Waals surface area contributed by atoms with Crippen LogP contribution < -0.4 is 10.6 Å². The molecule has 4 rings (SSSR count). The van der Waals surface area contributed by atoms with Gasteiger partial charge in [0, 0.05) is 25.3 Å². The number of ether oxygens (including phenoxy) is 2. The third-order valence-electron chi connectivity index (χ3n) is 6.90. The summed E-state index contributed by atoms with van der Waals surface area (Å²) in [5.74, 6) is 1.01. The Balaban J connectivity index is 1.18. The number of carbonyl (C=O) groups excluding carboxylic acids is 3. The second-order valence-corrected chi connectivity index (χ2v) is 9.36. The van der Waals surface area contributed by atoms with Gasteiger partial charge in [-0.2, -0.15) is 0 Å². The standard InChI is InChI=1S/C24H34N4O5/c1-32-23(30)20(27-24(31)33-15-16-4-2-5-16)12-21(29)28-13-17(14-28)7-9-19-10-8-18-6-3-11-25-22(18)26-19/h8,10,16-17,20H,2-7,9,11-15H2,1H3,(H,25,26)(H,27,31)/t20-/m0/s1. The average Bonchev–Trinajstić information content (AvgIpc) is 2.75. The maximum absolute atomic E-state index is 12.6. The summed E-state index contributed by atoms with van der Waals surface area (Å²) < 4.78 is 9.95. The van der Waals surface area contributed by atoms with Crippen LogP contribution in [0.15, 0.2) is 12.1 Å². The van der Waals surface area contributed by atoms with Crippen LogP contribution in [0.25, 0.3) is 0 Å². The molecule has 1 aromatic rings. The van der Waals surface area contributed by atoms with E-state index in [9.17, 15) is 14.4 Å². The lowest BCUT2D eigenvalue weighted by Crippen LogP contribution is -2.53. The molecule has 1 aliphatic carbocycles. The highest BCUT2D eigenvalue weighted by Crippen LogP contribution is 2.26. The Morgan fingerprint density at radius 2 is 2.03 bits per heavy atom. The van der Waals surface area contributed by atoms with Crippen LogP contribution in [-0.2, 0) is 31.9 Å². The number of fused-ring (bicyclic) bond motifs is 1. The molecule has 1 aromatic heterocycles. The van der Waals surface area contributed by atoms with Gasteiger partial charge in [-0.1, -0.05) is 12.5 Å². The third-order valence-corrected chi connectivity index (χ3v) is 6.90. The Morgan fingerprint density at radius 1 is 1.21 bits per heavy atom. The molecule has 1 saturated heterocycles. The SMILES string of the molecule is COC(=O)[C@H](CC(=O)N1CC(CCc2ccc3c(n2)NCCC3)C1)NC(=O)OCC1CCC1. The maximum Gasteiger partial charge on any atom is 0.407 e. The lowest BCUT2D eigenvalue weighted by molar-refractivity contribution is -0.148. The normalized spacial score (nSPS) is 18.8. The summed E-state index contributed by atoms with van der Waals surface area (Å²) in [6.07, 6.45) is 6.52. The minimum atomic E-state index is -1.04. The van der Waals surface area contributed by atoms with Gasteiger partial charge in [0.25, 0.3) is 0 Å². The summed E-state index contributed by atoms with van der Waals surface area (Å²) in [4.78, 5) is 43.2. The molecule has 9 nitrogen and oxygen atoms in total. The number of esters is 1. The minimum Gasteiger partial charge on any atom is -0.467 e. The van der Waals surface area contributed by atoms with E-state index < -0.39 is 18.1 Å². The second kappa shape index (κ2) is 10.9. The predicted octanol–water partition coefficient (Wildman–Crippen LogP) is 2.29. The zero-order chi connectivity index (χ0) is 23.2. The smallest absolute Gasteiger partial charge is 0.407 e. The van der Waals surface area contributed by atoms with Crippen molar-refractivity contribution < 1.29 is 23.9 Å². The minimum absolute atomic E-state index is 0.129. The number of nitrogens with one attached hydrogen (secondary N) is 2. The Hall–Kier alpha value is -2.84. The van der Waals surface area contributed by atoms with Gasteiger partial charge in [-0.05, 0) is 62.0 Å². The largest absolute Gasteiger partial charge is 0.467 e. The number of likely N-dealkylation sites (tertiary alicyclic amines) is 1. The highest BCUT2D eigenvalue weighted by molar-refractivity contribution is 5.88. The lowest BCUT2D eigenvalue weighted by atomic mass is 9.86. The van der Waals surface area contributed by atoms with E-state index in [0.717, 1.165) is 63.0 Å². The van der Waals surface area contributed by atoms with Gasteiger partial charge in [-0.15, -0.1) is 0 Å². The summed E-state index contributed by atoms with van der Waals surface area (Å²) >= 11 is 0. The first kappa shape index (κ1) is 23.3. The molecule has 2 amide bonds. The van der Waals surface area contributed by atoms with Crippen LogP contribution in [0.2, 0.25) is 0 Å². The first-order valence-electron chi connectivity index (χ1n) is 12.0. The highest BCUT2D eigenvalue weighted by Gasteiger charge is 2.34. The van der Waals surface area contributed by atoms with Crippen molar-refractivity contribution in [1.82, 2.24) is 15.2 Å². The molecule has 2 aliphatic heterocycles. The van der Waals surface area contributed by atoms with Gasteiger partial charge >= 0.3 is 12.1 Å². The Morgan fingerprint density at radius 3 is 2.76 bits per heavy atom. The predicted molar refractivity (Wildman–Crippen MR) is 122 cm³/mol. The molecule has 0 radical (unpaired) electrons. The van der Waals surface area contributed by atoms with Crippen LogP contribution in [0.1, 0.15) is 49.8 Å². The van der Waals surface area contributed by atoms with E-state index in [2.05, 4.69) is 22.8 Å². The number of nitrogens with zero attached hydrogens (tertiary/aromatic N) is 2. The molecule has 9 heteroatoms. The van der Waals surface area contributed by atoms with Crippen LogP contribution in [0.5, 0.6) is 0 Å². The van der Waals surface area contributed by atoms with Crippen molar-refractivity contribution in [3.63, 3.8) is 0 Å². The number of amides is 2. The van der Waals surface area contributed by atoms with E-state index in [-0.39, 0.29) is 12.3 Å². The highest BCUT2D eigenvalue weighted by atomic mass is 16.6. The van der Waals surface area contributed by atoms with Crippen LogP contribution in [0, 0.1) is 11.8 Å². The average molecular weight is 459 g/mol. The quantitative estimate of drug-likeness (QED) is 0.546. The number of hydrogen-bond acceptors (Lipinski definition) is 7. The molecule has 180 valence electrons. The van der Waals surface area contributed by atoms with Crippen molar-refractivity contribution >= 4 is 23.8 Å². The van der Waals surface area contributed by atoms with Crippen LogP contribution in [-0.4, -0.2) is 67.2 Å². The van der Waals surface area contributed by atoms with Crippen molar-refractivity contribution in [2.75, 3.05) is 38.7 Å². The topological polar surface area (TPSA) is 110 Å². The molecule has 3 heterocycles. The number of rotatable bonds is 9. The van der Waals surface area contributed by atoms with Crippen molar-refractivity contribution in [1.29, 1.82) is 0 Å². The summed E-state index contributed by atoms with van der Waals surface area (Å²) in [7, 11) is 1.24. The van der Waals surface area contributed by atoms with Gasteiger partial charge in [-0.25, -0.2) is 14.6 Å². The number of pyridine rings is 1. The van der Waals surface area contributed by atoms with E-state index in [0.29, 0.717) is 31.5 Å². The number of anilines is 1. The molecular weight excluding hydrogens is 424 g/mol. The molecule has 0 spiro atoms. The fraction of sp³-hybridized carbons (Fsp3) is 0.667. The van der Waals surface area contributed by atoms with Gasteiger partial charge < -0.3 is 25.0 Å². The first-order chi connectivity index (χ1) is 16.0. The van der Waals surface area contributed by atoms with E-state index in [1.54, 1.807) is 4.90 Å². The zero-order valence-electron chi connectivity index (χ0n) is 19.3. The maximum atomic E-state index is 12.6. The van der Waals surface area contributed by atoms with Crippen molar-refractivity contribution in [3.8, 4) is 0 Å². The second-order valence-electron chi connectivity index (χ2n) is 9.36. The van der Waals surface area contributed by atoms with E-state index >= 15 is 0 Å². The first-order valence-corrected chi connectivity index (χ1v) is 12.0. The number of carbonyl (C=O) groups is 3. The molecule has 33 heavy (non-hydrogen) atoms. The molecule has 3 aliphatic rings. The molecule has 2 N–H and O–H groups in total. The number of hydrogen-bond donors (Lipinski definition) is 2. The Bertz CT molecular complexity index is 866. The number of methoxy groups -OCH3 is 1. The molecule has 0 bridgehead atoms. The molecule has 1 saturated carbocycles. The summed E-state index contributed by atoms with van der Waals surface area (Å²) in [6.45, 7) is 2.63. The molecule has 1 atom stereocenters. The van der Waals surface area contributed by atoms with E-state index in [1.165, 1.54) is 12.7 Å². The molecule has 0 unspecified atom stereocenters. The molecule has 2 fully saturated rings. The number of aryl methyl sites for hydroxylation is 2.